The molecular formula is C21H31IN4. The molecule has 1 aromatic heterocycles. The summed E-state index contributed by atoms with van der Waals surface area (Å²) in [6.07, 6.45) is 6.07. The van der Waals surface area contributed by atoms with Gasteiger partial charge >= 0.3 is 0 Å². The van der Waals surface area contributed by atoms with Crippen LogP contribution in [0.15, 0.2) is 59.7 Å². The Balaban J connectivity index is 0.00000338. The van der Waals surface area contributed by atoms with Gasteiger partial charge in [-0.3, -0.25) is 9.98 Å². The molecule has 1 aromatic carbocycles. The maximum absolute atomic E-state index is 5.98. The fourth-order valence-corrected chi connectivity index (χ4v) is 2.71. The fraction of sp³-hybridized carbons (Fsp3) is 0.429. The van der Waals surface area contributed by atoms with Crippen molar-refractivity contribution in [3.05, 3.63) is 66.0 Å². The Morgan fingerprint density at radius 3 is 2.50 bits per heavy atom. The van der Waals surface area contributed by atoms with Crippen LogP contribution in [0, 0.1) is 5.41 Å². The van der Waals surface area contributed by atoms with Gasteiger partial charge in [-0.15, -0.1) is 24.0 Å². The molecule has 4 nitrogen and oxygen atoms in total. The van der Waals surface area contributed by atoms with Crippen LogP contribution in [0.25, 0.3) is 0 Å². The first-order valence-corrected chi connectivity index (χ1v) is 9.03. The number of halogens is 1. The van der Waals surface area contributed by atoms with E-state index < -0.39 is 0 Å². The lowest BCUT2D eigenvalue weighted by Crippen LogP contribution is -2.34. The number of guanidine groups is 1. The number of nitrogens with zero attached hydrogens (tertiary/aromatic N) is 2. The zero-order valence-electron chi connectivity index (χ0n) is 15.8. The Kier molecular flexibility index (Phi) is 10.2. The molecule has 0 bridgehead atoms. The van der Waals surface area contributed by atoms with E-state index in [4.69, 9.17) is 5.73 Å². The smallest absolute Gasteiger partial charge is 0.188 e. The van der Waals surface area contributed by atoms with Crippen molar-refractivity contribution >= 4 is 29.9 Å². The molecule has 5 heteroatoms. The van der Waals surface area contributed by atoms with E-state index in [0.717, 1.165) is 38.0 Å². The molecule has 3 N–H and O–H groups in total. The Labute approximate surface area is 174 Å². The van der Waals surface area contributed by atoms with Gasteiger partial charge in [0.05, 0.1) is 0 Å². The standard InChI is InChI=1S/C21H30N4.HI/c1-21(2,14-8-11-18-9-4-3-5-10-18)17-25-20(22)24-16-13-19-12-6-7-15-23-19;/h3-7,9-10,12,15H,8,11,13-14,16-17H2,1-2H3,(H3,22,24,25);1H. The van der Waals surface area contributed by atoms with E-state index in [0.29, 0.717) is 5.96 Å². The summed E-state index contributed by atoms with van der Waals surface area (Å²) in [5.41, 5.74) is 8.60. The van der Waals surface area contributed by atoms with Crippen LogP contribution in [0.4, 0.5) is 0 Å². The predicted octanol–water partition coefficient (Wildman–Crippen LogP) is 4.20. The molecule has 2 aromatic rings. The minimum absolute atomic E-state index is 0. The zero-order valence-corrected chi connectivity index (χ0v) is 18.1. The third-order valence-electron chi connectivity index (χ3n) is 4.25. The Hall–Kier alpha value is -1.63. The Morgan fingerprint density at radius 1 is 1.08 bits per heavy atom. The second kappa shape index (κ2) is 11.9. The first-order valence-electron chi connectivity index (χ1n) is 9.03. The first kappa shape index (κ1) is 22.4. The number of aryl methyl sites for hydroxylation is 1. The average molecular weight is 466 g/mol. The monoisotopic (exact) mass is 466 g/mol. The molecule has 1 heterocycles. The van der Waals surface area contributed by atoms with Crippen molar-refractivity contribution in [3.8, 4) is 0 Å². The van der Waals surface area contributed by atoms with Crippen LogP contribution in [-0.2, 0) is 12.8 Å². The van der Waals surface area contributed by atoms with Gasteiger partial charge in [-0.25, -0.2) is 0 Å². The van der Waals surface area contributed by atoms with E-state index >= 15 is 0 Å². The minimum atomic E-state index is 0. The largest absolute Gasteiger partial charge is 0.370 e. The molecular weight excluding hydrogens is 435 g/mol. The van der Waals surface area contributed by atoms with E-state index in [1.165, 1.54) is 12.0 Å². The summed E-state index contributed by atoms with van der Waals surface area (Å²) in [4.78, 5) is 8.81. The average Bonchev–Trinajstić information content (AvgIpc) is 2.62. The number of nitrogens with two attached hydrogens (primary N) is 1. The van der Waals surface area contributed by atoms with Crippen LogP contribution in [0.3, 0.4) is 0 Å². The van der Waals surface area contributed by atoms with E-state index in [9.17, 15) is 0 Å². The van der Waals surface area contributed by atoms with Gasteiger partial charge in [0, 0.05) is 31.4 Å². The molecule has 0 saturated heterocycles. The summed E-state index contributed by atoms with van der Waals surface area (Å²) in [6, 6.07) is 16.6. The quantitative estimate of drug-likeness (QED) is 0.331. The van der Waals surface area contributed by atoms with Crippen molar-refractivity contribution in [2.24, 2.45) is 16.1 Å². The van der Waals surface area contributed by atoms with Crippen LogP contribution in [0.1, 0.15) is 37.9 Å². The van der Waals surface area contributed by atoms with Gasteiger partial charge in [-0.2, -0.15) is 0 Å². The number of hydrogen-bond acceptors (Lipinski definition) is 2. The van der Waals surface area contributed by atoms with Gasteiger partial charge in [-0.1, -0.05) is 50.2 Å². The van der Waals surface area contributed by atoms with Gasteiger partial charge in [-0.05, 0) is 42.4 Å². The van der Waals surface area contributed by atoms with Gasteiger partial charge in [0.15, 0.2) is 5.96 Å². The topological polar surface area (TPSA) is 63.3 Å². The lowest BCUT2D eigenvalue weighted by atomic mass is 9.86. The molecule has 0 aliphatic rings. The summed E-state index contributed by atoms with van der Waals surface area (Å²) in [7, 11) is 0. The van der Waals surface area contributed by atoms with Crippen molar-refractivity contribution in [2.75, 3.05) is 13.1 Å². The second-order valence-corrected chi connectivity index (χ2v) is 7.20. The number of pyridine rings is 1. The number of aromatic nitrogens is 1. The van der Waals surface area contributed by atoms with Crippen molar-refractivity contribution < 1.29 is 0 Å². The predicted molar refractivity (Wildman–Crippen MR) is 121 cm³/mol. The Morgan fingerprint density at radius 2 is 1.81 bits per heavy atom. The number of benzene rings is 1. The minimum Gasteiger partial charge on any atom is -0.370 e. The molecule has 2 rings (SSSR count). The first-order chi connectivity index (χ1) is 12.1. The SMILES string of the molecule is CC(C)(CCCc1ccccc1)CN=C(N)NCCc1ccccn1.I. The lowest BCUT2D eigenvalue weighted by Gasteiger charge is -2.22. The van der Waals surface area contributed by atoms with Crippen molar-refractivity contribution in [2.45, 2.75) is 39.5 Å². The second-order valence-electron chi connectivity index (χ2n) is 7.20. The van der Waals surface area contributed by atoms with E-state index in [-0.39, 0.29) is 29.4 Å². The summed E-state index contributed by atoms with van der Waals surface area (Å²) >= 11 is 0. The van der Waals surface area contributed by atoms with E-state index in [1.807, 2.05) is 24.4 Å². The van der Waals surface area contributed by atoms with Crippen LogP contribution < -0.4 is 11.1 Å². The van der Waals surface area contributed by atoms with Crippen LogP contribution in [0.2, 0.25) is 0 Å². The van der Waals surface area contributed by atoms with Crippen LogP contribution in [-0.4, -0.2) is 24.0 Å². The molecule has 0 saturated carbocycles. The zero-order chi connectivity index (χ0) is 18.0. The number of nitrogens with one attached hydrogen (secondary N) is 1. The highest BCUT2D eigenvalue weighted by Crippen LogP contribution is 2.23. The molecule has 0 aliphatic carbocycles. The van der Waals surface area contributed by atoms with E-state index in [2.05, 4.69) is 59.5 Å². The normalized spacial score (nSPS) is 11.7. The van der Waals surface area contributed by atoms with Crippen LogP contribution in [0.5, 0.6) is 0 Å². The summed E-state index contributed by atoms with van der Waals surface area (Å²) in [5, 5.41) is 3.17. The summed E-state index contributed by atoms with van der Waals surface area (Å²) in [5.74, 6) is 0.520. The number of hydrogen-bond donors (Lipinski definition) is 2. The van der Waals surface area contributed by atoms with Gasteiger partial charge in [0.2, 0.25) is 0 Å². The molecule has 0 radical (unpaired) electrons. The van der Waals surface area contributed by atoms with Crippen molar-refractivity contribution in [3.63, 3.8) is 0 Å². The molecule has 0 atom stereocenters. The van der Waals surface area contributed by atoms with Gasteiger partial charge in [0.1, 0.15) is 0 Å². The highest BCUT2D eigenvalue weighted by molar-refractivity contribution is 14.0. The molecule has 0 fully saturated rings. The molecule has 0 unspecified atom stereocenters. The Bertz CT molecular complexity index is 642. The lowest BCUT2D eigenvalue weighted by molar-refractivity contribution is 0.338. The summed E-state index contributed by atoms with van der Waals surface area (Å²) in [6.45, 7) is 6.00. The van der Waals surface area contributed by atoms with Gasteiger partial charge < -0.3 is 11.1 Å². The molecule has 142 valence electrons. The highest BCUT2D eigenvalue weighted by atomic mass is 127. The third-order valence-corrected chi connectivity index (χ3v) is 4.25. The molecule has 0 spiro atoms. The maximum Gasteiger partial charge on any atom is 0.188 e. The van der Waals surface area contributed by atoms with E-state index in [1.54, 1.807) is 0 Å². The molecule has 0 aliphatic heterocycles. The highest BCUT2D eigenvalue weighted by Gasteiger charge is 2.17. The number of aliphatic imine (C=N–C) groups is 1. The maximum atomic E-state index is 5.98. The summed E-state index contributed by atoms with van der Waals surface area (Å²) < 4.78 is 0. The third kappa shape index (κ3) is 9.17. The fourth-order valence-electron chi connectivity index (χ4n) is 2.71. The van der Waals surface area contributed by atoms with Crippen molar-refractivity contribution in [1.29, 1.82) is 0 Å². The van der Waals surface area contributed by atoms with Gasteiger partial charge in [0.25, 0.3) is 0 Å². The van der Waals surface area contributed by atoms with Crippen molar-refractivity contribution in [1.82, 2.24) is 10.3 Å². The molecule has 26 heavy (non-hydrogen) atoms. The number of rotatable bonds is 9. The van der Waals surface area contributed by atoms with Crippen LogP contribution >= 0.6 is 24.0 Å². The molecule has 0 amide bonds.